The molecule has 2 N–H and O–H groups in total. The fourth-order valence-corrected chi connectivity index (χ4v) is 3.82. The van der Waals surface area contributed by atoms with E-state index in [0.29, 0.717) is 28.8 Å². The average Bonchev–Trinajstić information content (AvgIpc) is 3.25. The Kier molecular flexibility index (Phi) is 4.54. The van der Waals surface area contributed by atoms with Gasteiger partial charge in [-0.15, -0.1) is 0 Å². The molecule has 0 bridgehead atoms. The molecule has 7 nitrogen and oxygen atoms in total. The van der Waals surface area contributed by atoms with Crippen LogP contribution in [-0.4, -0.2) is 35.4 Å². The number of aromatic amines is 1. The molecule has 4 aromatic rings. The number of anilines is 2. The van der Waals surface area contributed by atoms with Gasteiger partial charge in [0.25, 0.3) is 0 Å². The fraction of sp³-hybridized carbons (Fsp3) is 0.167. The predicted octanol–water partition coefficient (Wildman–Crippen LogP) is 3.11. The number of rotatable bonds is 5. The molecule has 1 aromatic carbocycles. The summed E-state index contributed by atoms with van der Waals surface area (Å²) in [6.45, 7) is 1.90. The summed E-state index contributed by atoms with van der Waals surface area (Å²) >= 11 is -1.30. The van der Waals surface area contributed by atoms with Crippen molar-refractivity contribution < 1.29 is 8.94 Å². The molecule has 0 aliphatic heterocycles. The highest BCUT2D eigenvalue weighted by Crippen LogP contribution is 2.29. The lowest BCUT2D eigenvalue weighted by Crippen LogP contribution is -2.18. The van der Waals surface area contributed by atoms with Gasteiger partial charge in [-0.3, -0.25) is 9.50 Å². The Morgan fingerprint density at radius 1 is 1.22 bits per heavy atom. The van der Waals surface area contributed by atoms with Crippen LogP contribution < -0.4 is 5.32 Å². The van der Waals surface area contributed by atoms with Crippen molar-refractivity contribution in [1.29, 1.82) is 0 Å². The second kappa shape index (κ2) is 7.01. The lowest BCUT2D eigenvalue weighted by molar-refractivity contribution is 0.590. The van der Waals surface area contributed by atoms with Crippen LogP contribution >= 0.6 is 0 Å². The molecule has 3 aromatic heterocycles. The smallest absolute Gasteiger partial charge is 0.216 e. The Labute approximate surface area is 157 Å². The zero-order valence-electron chi connectivity index (χ0n) is 14.7. The Hall–Kier alpha value is -2.91. The normalized spacial score (nSPS) is 13.6. The van der Waals surface area contributed by atoms with E-state index in [0.717, 1.165) is 5.69 Å². The van der Waals surface area contributed by atoms with Crippen molar-refractivity contribution in [3.63, 3.8) is 0 Å². The highest BCUT2D eigenvalue weighted by molar-refractivity contribution is 7.91. The van der Waals surface area contributed by atoms with E-state index in [1.165, 1.54) is 12.1 Å². The molecule has 27 heavy (non-hydrogen) atoms. The largest absolute Gasteiger partial charge is 0.616 e. The van der Waals surface area contributed by atoms with Crippen LogP contribution in [0.2, 0.25) is 0 Å². The van der Waals surface area contributed by atoms with Gasteiger partial charge in [0.1, 0.15) is 11.5 Å². The number of halogens is 1. The van der Waals surface area contributed by atoms with Crippen molar-refractivity contribution >= 4 is 28.6 Å². The Morgan fingerprint density at radius 3 is 2.67 bits per heavy atom. The highest BCUT2D eigenvalue weighted by atomic mass is 32.2. The van der Waals surface area contributed by atoms with Crippen molar-refractivity contribution in [1.82, 2.24) is 24.6 Å². The summed E-state index contributed by atoms with van der Waals surface area (Å²) in [7, 11) is 0. The molecule has 0 saturated carbocycles. The lowest BCUT2D eigenvalue weighted by atomic mass is 10.1. The van der Waals surface area contributed by atoms with Gasteiger partial charge in [-0.1, -0.05) is 12.1 Å². The van der Waals surface area contributed by atoms with Crippen LogP contribution in [0.15, 0.2) is 48.7 Å². The molecule has 2 atom stereocenters. The number of hydrogen-bond donors (Lipinski definition) is 2. The monoisotopic (exact) mass is 384 g/mol. The van der Waals surface area contributed by atoms with E-state index in [2.05, 4.69) is 25.5 Å². The number of benzene rings is 1. The summed E-state index contributed by atoms with van der Waals surface area (Å²) in [4.78, 5) is 9.16. The van der Waals surface area contributed by atoms with E-state index in [1.54, 1.807) is 22.8 Å². The van der Waals surface area contributed by atoms with E-state index < -0.39 is 16.4 Å². The molecule has 0 fully saturated rings. The van der Waals surface area contributed by atoms with E-state index >= 15 is 0 Å². The minimum atomic E-state index is -1.30. The molecular weight excluding hydrogens is 367 g/mol. The molecule has 0 spiro atoms. The van der Waals surface area contributed by atoms with Crippen molar-refractivity contribution in [2.45, 2.75) is 12.2 Å². The maximum Gasteiger partial charge on any atom is 0.216 e. The first-order valence-corrected chi connectivity index (χ1v) is 9.85. The van der Waals surface area contributed by atoms with Crippen LogP contribution in [0.4, 0.5) is 16.2 Å². The van der Waals surface area contributed by atoms with E-state index in [-0.39, 0.29) is 5.82 Å². The molecule has 0 amide bonds. The van der Waals surface area contributed by atoms with Crippen molar-refractivity contribution in [2.24, 2.45) is 0 Å². The third-order valence-corrected chi connectivity index (χ3v) is 5.24. The van der Waals surface area contributed by atoms with Crippen LogP contribution in [0.1, 0.15) is 22.3 Å². The molecule has 3 heterocycles. The van der Waals surface area contributed by atoms with E-state index in [4.69, 9.17) is 0 Å². The number of aryl methyl sites for hydroxylation is 1. The van der Waals surface area contributed by atoms with Gasteiger partial charge in [-0.25, -0.2) is 9.37 Å². The fourth-order valence-electron chi connectivity index (χ4n) is 2.88. The summed E-state index contributed by atoms with van der Waals surface area (Å²) in [5.41, 5.74) is 2.26. The summed E-state index contributed by atoms with van der Waals surface area (Å²) in [6, 6.07) is 11.4. The third-order valence-electron chi connectivity index (χ3n) is 4.09. The van der Waals surface area contributed by atoms with Crippen LogP contribution in [0.5, 0.6) is 0 Å². The predicted molar refractivity (Wildman–Crippen MR) is 102 cm³/mol. The Morgan fingerprint density at radius 2 is 2.00 bits per heavy atom. The minimum Gasteiger partial charge on any atom is -0.616 e. The van der Waals surface area contributed by atoms with Gasteiger partial charge in [0.15, 0.2) is 16.9 Å². The van der Waals surface area contributed by atoms with Crippen LogP contribution in [-0.2, 0) is 11.2 Å². The van der Waals surface area contributed by atoms with Gasteiger partial charge in [0, 0.05) is 23.5 Å². The highest BCUT2D eigenvalue weighted by Gasteiger charge is 2.28. The molecule has 0 saturated heterocycles. The van der Waals surface area contributed by atoms with Crippen LogP contribution in [0.25, 0.3) is 5.65 Å². The number of nitrogens with zero attached hydrogens (tertiary/aromatic N) is 4. The number of fused-ring (bicyclic) bond motifs is 1. The number of hydrogen-bond acceptors (Lipinski definition) is 5. The third kappa shape index (κ3) is 3.51. The number of nitrogens with one attached hydrogen (secondary N) is 2. The molecule has 9 heteroatoms. The maximum absolute atomic E-state index is 13.3. The number of H-pyrrole nitrogens is 1. The first-order valence-electron chi connectivity index (χ1n) is 8.23. The quantitative estimate of drug-likeness (QED) is 0.516. The Balaban J connectivity index is 1.81. The minimum absolute atomic E-state index is 0.349. The van der Waals surface area contributed by atoms with Crippen LogP contribution in [0.3, 0.4) is 0 Å². The van der Waals surface area contributed by atoms with Gasteiger partial charge in [-0.2, -0.15) is 10.1 Å². The Bertz CT molecular complexity index is 1080. The van der Waals surface area contributed by atoms with Gasteiger partial charge in [-0.05, 0) is 42.4 Å². The second-order valence-electron chi connectivity index (χ2n) is 6.13. The topological polar surface area (TPSA) is 94.0 Å². The van der Waals surface area contributed by atoms with Crippen molar-refractivity contribution in [3.8, 4) is 0 Å². The molecule has 138 valence electrons. The first-order chi connectivity index (χ1) is 13.0. The molecule has 0 radical (unpaired) electrons. The zero-order chi connectivity index (χ0) is 19.0. The molecule has 0 aliphatic rings. The standard InChI is InChI=1S/C18H17FN6OS/c1-11-10-14(24-23-11)20-18-22-17(21-15-4-3-9-25(15)18)16(27(2)26)12-5-7-13(19)8-6-12/h3-10,16H,1-2H3,(H2,20,21,22,23,24). The lowest BCUT2D eigenvalue weighted by Gasteiger charge is -2.19. The van der Waals surface area contributed by atoms with Crippen LogP contribution in [0, 0.1) is 12.7 Å². The summed E-state index contributed by atoms with van der Waals surface area (Å²) < 4.78 is 27.6. The molecule has 0 aliphatic carbocycles. The SMILES string of the molecule is Cc1cc(Nc2nc(C(c3ccc(F)cc3)[S+](C)[O-])nc3cccn23)n[nH]1. The van der Waals surface area contributed by atoms with Crippen molar-refractivity contribution in [3.05, 3.63) is 71.6 Å². The molecule has 4 rings (SSSR count). The average molecular weight is 384 g/mol. The summed E-state index contributed by atoms with van der Waals surface area (Å²) in [6.07, 6.45) is 3.42. The molecular formula is C18H17FN6OS. The molecule has 2 unspecified atom stereocenters. The van der Waals surface area contributed by atoms with Gasteiger partial charge in [0.05, 0.1) is 6.26 Å². The second-order valence-corrected chi connectivity index (χ2v) is 7.60. The van der Waals surface area contributed by atoms with E-state index in [9.17, 15) is 8.94 Å². The summed E-state index contributed by atoms with van der Waals surface area (Å²) in [5.74, 6) is 1.16. The summed E-state index contributed by atoms with van der Waals surface area (Å²) in [5, 5.41) is 9.62. The van der Waals surface area contributed by atoms with Gasteiger partial charge >= 0.3 is 0 Å². The number of aromatic nitrogens is 5. The first kappa shape index (κ1) is 17.5. The van der Waals surface area contributed by atoms with Gasteiger partial charge in [0.2, 0.25) is 5.95 Å². The van der Waals surface area contributed by atoms with Crippen molar-refractivity contribution in [2.75, 3.05) is 11.6 Å². The zero-order valence-corrected chi connectivity index (χ0v) is 15.5. The van der Waals surface area contributed by atoms with Gasteiger partial charge < -0.3 is 9.87 Å². The maximum atomic E-state index is 13.3. The van der Waals surface area contributed by atoms with E-state index in [1.807, 2.05) is 31.3 Å².